The summed E-state index contributed by atoms with van der Waals surface area (Å²) in [6.45, 7) is 7.73. The van der Waals surface area contributed by atoms with Crippen LogP contribution in [0.4, 0.5) is 0 Å². The molecular weight excluding hydrogens is 186 g/mol. The molecule has 1 atom stereocenters. The van der Waals surface area contributed by atoms with Crippen LogP contribution in [0.2, 0.25) is 0 Å². The average Bonchev–Trinajstić information content (AvgIpc) is 2.42. The van der Waals surface area contributed by atoms with Gasteiger partial charge in [-0.2, -0.15) is 0 Å². The molecule has 0 spiro atoms. The highest BCUT2D eigenvalue weighted by atomic mass is 16.5. The minimum absolute atomic E-state index is 0.543. The zero-order valence-corrected chi connectivity index (χ0v) is 10.4. The maximum atomic E-state index is 5.57. The molecule has 0 aliphatic heterocycles. The third kappa shape index (κ3) is 2.94. The predicted molar refractivity (Wildman–Crippen MR) is 63.0 cm³/mol. The topological polar surface area (TPSA) is 21.3 Å². The lowest BCUT2D eigenvalue weighted by molar-refractivity contribution is -0.0124. The molecule has 0 bridgehead atoms. The fraction of sp³-hybridized carbons (Fsp3) is 1.00. The monoisotopic (exact) mass is 211 g/mol. The van der Waals surface area contributed by atoms with Crippen molar-refractivity contribution in [3.8, 4) is 0 Å². The van der Waals surface area contributed by atoms with E-state index in [-0.39, 0.29) is 0 Å². The molecular formula is C13H25NO. The molecule has 2 aliphatic carbocycles. The smallest absolute Gasteiger partial charge is 0.0604 e. The maximum absolute atomic E-state index is 5.57. The lowest BCUT2D eigenvalue weighted by atomic mass is 9.87. The van der Waals surface area contributed by atoms with Gasteiger partial charge in [0, 0.05) is 18.7 Å². The zero-order chi connectivity index (χ0) is 10.9. The van der Waals surface area contributed by atoms with Crippen molar-refractivity contribution in [2.45, 2.75) is 71.1 Å². The summed E-state index contributed by atoms with van der Waals surface area (Å²) in [5.41, 5.74) is 0.570. The minimum Gasteiger partial charge on any atom is -0.378 e. The largest absolute Gasteiger partial charge is 0.378 e. The highest BCUT2D eigenvalue weighted by molar-refractivity contribution is 4.93. The van der Waals surface area contributed by atoms with E-state index in [0.717, 1.165) is 18.7 Å². The van der Waals surface area contributed by atoms with Gasteiger partial charge in [0.2, 0.25) is 0 Å². The van der Waals surface area contributed by atoms with E-state index in [2.05, 4.69) is 26.1 Å². The molecule has 1 N–H and O–H groups in total. The van der Waals surface area contributed by atoms with E-state index in [1.165, 1.54) is 32.1 Å². The van der Waals surface area contributed by atoms with Gasteiger partial charge in [0.05, 0.1) is 6.10 Å². The molecule has 2 rings (SSSR count). The number of nitrogens with one attached hydrogen (secondary N) is 1. The van der Waals surface area contributed by atoms with Crippen LogP contribution in [0.15, 0.2) is 0 Å². The Morgan fingerprint density at radius 3 is 2.53 bits per heavy atom. The van der Waals surface area contributed by atoms with Gasteiger partial charge in [0.25, 0.3) is 0 Å². The third-order valence-corrected chi connectivity index (χ3v) is 3.94. The van der Waals surface area contributed by atoms with E-state index in [9.17, 15) is 0 Å². The lowest BCUT2D eigenvalue weighted by Crippen LogP contribution is -2.48. The molecule has 0 amide bonds. The van der Waals surface area contributed by atoms with Crippen molar-refractivity contribution in [2.24, 2.45) is 5.41 Å². The number of hydrogen-bond donors (Lipinski definition) is 1. The Kier molecular flexibility index (Phi) is 3.36. The summed E-state index contributed by atoms with van der Waals surface area (Å²) in [5, 5.41) is 3.78. The molecule has 0 aromatic heterocycles. The summed E-state index contributed by atoms with van der Waals surface area (Å²) in [5.74, 6) is 0. The molecule has 0 aromatic rings. The molecule has 0 saturated heterocycles. The van der Waals surface area contributed by atoms with Gasteiger partial charge in [-0.15, -0.1) is 0 Å². The first-order valence-electron chi connectivity index (χ1n) is 6.47. The van der Waals surface area contributed by atoms with Crippen molar-refractivity contribution in [3.63, 3.8) is 0 Å². The van der Waals surface area contributed by atoms with E-state index in [1.807, 2.05) is 0 Å². The zero-order valence-electron chi connectivity index (χ0n) is 10.4. The first-order valence-corrected chi connectivity index (χ1v) is 6.47. The fourth-order valence-corrected chi connectivity index (χ4v) is 2.99. The van der Waals surface area contributed by atoms with E-state index in [1.54, 1.807) is 0 Å². The highest BCUT2D eigenvalue weighted by Crippen LogP contribution is 2.38. The van der Waals surface area contributed by atoms with Gasteiger partial charge in [-0.25, -0.2) is 0 Å². The summed E-state index contributed by atoms with van der Waals surface area (Å²) in [6.07, 6.45) is 7.09. The van der Waals surface area contributed by atoms with Gasteiger partial charge in [-0.3, -0.25) is 0 Å². The second kappa shape index (κ2) is 4.42. The Morgan fingerprint density at radius 2 is 2.00 bits per heavy atom. The third-order valence-electron chi connectivity index (χ3n) is 3.94. The Morgan fingerprint density at radius 1 is 1.27 bits per heavy atom. The Hall–Kier alpha value is -0.0800. The van der Waals surface area contributed by atoms with Gasteiger partial charge in [0.1, 0.15) is 0 Å². The molecule has 2 heteroatoms. The van der Waals surface area contributed by atoms with Crippen LogP contribution < -0.4 is 5.32 Å². The quantitative estimate of drug-likeness (QED) is 0.772. The summed E-state index contributed by atoms with van der Waals surface area (Å²) >= 11 is 0. The van der Waals surface area contributed by atoms with Gasteiger partial charge >= 0.3 is 0 Å². The van der Waals surface area contributed by atoms with E-state index in [4.69, 9.17) is 4.74 Å². The first kappa shape index (κ1) is 11.4. The van der Waals surface area contributed by atoms with Crippen LogP contribution in [-0.2, 0) is 4.74 Å². The average molecular weight is 211 g/mol. The molecule has 2 aliphatic rings. The summed E-state index contributed by atoms with van der Waals surface area (Å²) in [6, 6.07) is 1.51. The second-order valence-electron chi connectivity index (χ2n) is 6.02. The van der Waals surface area contributed by atoms with Crippen LogP contribution in [0, 0.1) is 5.41 Å². The van der Waals surface area contributed by atoms with Crippen LogP contribution >= 0.6 is 0 Å². The molecule has 0 radical (unpaired) electrons. The molecule has 0 heterocycles. The Bertz CT molecular complexity index is 209. The summed E-state index contributed by atoms with van der Waals surface area (Å²) < 4.78 is 5.57. The minimum atomic E-state index is 0.543. The first-order chi connectivity index (χ1) is 7.09. The van der Waals surface area contributed by atoms with Crippen LogP contribution in [0.1, 0.15) is 52.9 Å². The number of hydrogen-bond acceptors (Lipinski definition) is 2. The van der Waals surface area contributed by atoms with E-state index >= 15 is 0 Å². The van der Waals surface area contributed by atoms with E-state index < -0.39 is 0 Å². The molecule has 2 fully saturated rings. The summed E-state index contributed by atoms with van der Waals surface area (Å²) in [4.78, 5) is 0. The van der Waals surface area contributed by atoms with Crippen LogP contribution in [0.5, 0.6) is 0 Å². The van der Waals surface area contributed by atoms with Crippen molar-refractivity contribution >= 4 is 0 Å². The van der Waals surface area contributed by atoms with Crippen molar-refractivity contribution in [1.82, 2.24) is 5.32 Å². The lowest BCUT2D eigenvalue weighted by Gasteiger charge is -2.37. The fourth-order valence-electron chi connectivity index (χ4n) is 2.99. The van der Waals surface area contributed by atoms with Gasteiger partial charge < -0.3 is 10.1 Å². The second-order valence-corrected chi connectivity index (χ2v) is 6.02. The molecule has 0 aromatic carbocycles. The molecule has 15 heavy (non-hydrogen) atoms. The molecule has 1 unspecified atom stereocenters. The van der Waals surface area contributed by atoms with Crippen LogP contribution in [0.3, 0.4) is 0 Å². The Balaban J connectivity index is 1.64. The summed E-state index contributed by atoms with van der Waals surface area (Å²) in [7, 11) is 0. The van der Waals surface area contributed by atoms with Crippen LogP contribution in [-0.4, -0.2) is 24.8 Å². The van der Waals surface area contributed by atoms with Gasteiger partial charge in [-0.05, 0) is 44.4 Å². The number of rotatable bonds is 4. The van der Waals surface area contributed by atoms with Crippen molar-refractivity contribution in [1.29, 1.82) is 0 Å². The predicted octanol–water partition coefficient (Wildman–Crippen LogP) is 2.72. The van der Waals surface area contributed by atoms with E-state index in [0.29, 0.717) is 11.5 Å². The standard InChI is InChI=1S/C13H25NO/c1-4-15-12-7-11(8-12)14-10-5-6-13(2,3)9-10/h10-12,14H,4-9H2,1-3H3. The number of ether oxygens (including phenoxy) is 1. The van der Waals surface area contributed by atoms with Crippen molar-refractivity contribution in [3.05, 3.63) is 0 Å². The maximum Gasteiger partial charge on any atom is 0.0604 e. The molecule has 2 nitrogen and oxygen atoms in total. The highest BCUT2D eigenvalue weighted by Gasteiger charge is 2.35. The van der Waals surface area contributed by atoms with Crippen molar-refractivity contribution in [2.75, 3.05) is 6.61 Å². The van der Waals surface area contributed by atoms with Gasteiger partial charge in [-0.1, -0.05) is 13.8 Å². The molecule has 88 valence electrons. The molecule has 2 saturated carbocycles. The van der Waals surface area contributed by atoms with Gasteiger partial charge in [0.15, 0.2) is 0 Å². The van der Waals surface area contributed by atoms with Crippen molar-refractivity contribution < 1.29 is 4.74 Å². The SMILES string of the molecule is CCOC1CC(NC2CCC(C)(C)C2)C1. The van der Waals surface area contributed by atoms with Crippen LogP contribution in [0.25, 0.3) is 0 Å². The Labute approximate surface area is 93.8 Å². The normalized spacial score (nSPS) is 39.0.